The zero-order chi connectivity index (χ0) is 11.0. The van der Waals surface area contributed by atoms with Gasteiger partial charge in [0.25, 0.3) is 0 Å². The van der Waals surface area contributed by atoms with Crippen molar-refractivity contribution in [2.45, 2.75) is 19.8 Å². The average molecular weight is 215 g/mol. The van der Waals surface area contributed by atoms with Gasteiger partial charge in [0.15, 0.2) is 0 Å². The van der Waals surface area contributed by atoms with E-state index >= 15 is 0 Å². The fourth-order valence-corrected chi connectivity index (χ4v) is 2.46. The lowest BCUT2D eigenvalue weighted by molar-refractivity contribution is 0.560. The van der Waals surface area contributed by atoms with Crippen LogP contribution in [-0.4, -0.2) is 22.5 Å². The van der Waals surface area contributed by atoms with Gasteiger partial charge in [-0.1, -0.05) is 0 Å². The first-order valence-corrected chi connectivity index (χ1v) is 5.96. The number of nitrogens with zero attached hydrogens (tertiary/aromatic N) is 2. The van der Waals surface area contributed by atoms with Gasteiger partial charge in [-0.05, 0) is 50.0 Å². The zero-order valence-electron chi connectivity index (χ0n) is 9.61. The van der Waals surface area contributed by atoms with Crippen molar-refractivity contribution >= 4 is 5.52 Å². The molecule has 0 radical (unpaired) electrons. The van der Waals surface area contributed by atoms with Crippen LogP contribution >= 0.6 is 0 Å². The van der Waals surface area contributed by atoms with E-state index in [9.17, 15) is 0 Å². The van der Waals surface area contributed by atoms with Gasteiger partial charge in [-0.2, -0.15) is 0 Å². The Labute approximate surface area is 95.5 Å². The van der Waals surface area contributed by atoms with Crippen molar-refractivity contribution in [1.29, 1.82) is 0 Å². The first-order chi connectivity index (χ1) is 7.83. The van der Waals surface area contributed by atoms with Crippen molar-refractivity contribution in [3.05, 3.63) is 35.9 Å². The minimum absolute atomic E-state index is 0.756. The van der Waals surface area contributed by atoms with Gasteiger partial charge in [-0.25, -0.2) is 4.98 Å². The molecule has 0 aliphatic carbocycles. The zero-order valence-corrected chi connectivity index (χ0v) is 9.61. The van der Waals surface area contributed by atoms with Crippen LogP contribution in [0.25, 0.3) is 5.52 Å². The molecule has 0 amide bonds. The average Bonchev–Trinajstić information content (AvgIpc) is 2.89. The highest BCUT2D eigenvalue weighted by molar-refractivity contribution is 5.48. The van der Waals surface area contributed by atoms with E-state index in [-0.39, 0.29) is 0 Å². The van der Waals surface area contributed by atoms with Crippen LogP contribution in [0.1, 0.15) is 17.8 Å². The van der Waals surface area contributed by atoms with Crippen LogP contribution in [0.3, 0.4) is 0 Å². The van der Waals surface area contributed by atoms with Gasteiger partial charge in [0, 0.05) is 12.6 Å². The predicted octanol–water partition coefficient (Wildman–Crippen LogP) is 1.79. The summed E-state index contributed by atoms with van der Waals surface area (Å²) in [4.78, 5) is 4.54. The third-order valence-corrected chi connectivity index (χ3v) is 3.40. The van der Waals surface area contributed by atoms with E-state index in [1.165, 1.54) is 23.3 Å². The second-order valence-corrected chi connectivity index (χ2v) is 4.74. The summed E-state index contributed by atoms with van der Waals surface area (Å²) < 4.78 is 2.21. The Bertz CT molecular complexity index is 495. The van der Waals surface area contributed by atoms with Crippen LogP contribution in [0.15, 0.2) is 24.5 Å². The van der Waals surface area contributed by atoms with E-state index in [0.717, 1.165) is 25.4 Å². The van der Waals surface area contributed by atoms with Gasteiger partial charge >= 0.3 is 0 Å². The summed E-state index contributed by atoms with van der Waals surface area (Å²) in [6.45, 7) is 4.42. The number of fused-ring (bicyclic) bond motifs is 1. The van der Waals surface area contributed by atoms with Crippen LogP contribution in [0.2, 0.25) is 0 Å². The SMILES string of the molecule is Cc1ccn2c(CC3CCNC3)ncc2c1. The largest absolute Gasteiger partial charge is 0.316 e. The molecule has 3 heterocycles. The molecule has 16 heavy (non-hydrogen) atoms. The van der Waals surface area contributed by atoms with E-state index in [0.29, 0.717) is 0 Å². The third-order valence-electron chi connectivity index (χ3n) is 3.40. The Hall–Kier alpha value is -1.35. The summed E-state index contributed by atoms with van der Waals surface area (Å²) in [7, 11) is 0. The van der Waals surface area contributed by atoms with Crippen molar-refractivity contribution in [1.82, 2.24) is 14.7 Å². The Morgan fingerprint density at radius 2 is 2.50 bits per heavy atom. The quantitative estimate of drug-likeness (QED) is 0.827. The Balaban J connectivity index is 1.91. The maximum Gasteiger partial charge on any atom is 0.113 e. The lowest BCUT2D eigenvalue weighted by Gasteiger charge is -2.07. The van der Waals surface area contributed by atoms with E-state index in [1.807, 2.05) is 6.20 Å². The molecule has 84 valence electrons. The third kappa shape index (κ3) is 1.71. The van der Waals surface area contributed by atoms with Crippen LogP contribution in [0.5, 0.6) is 0 Å². The number of imidazole rings is 1. The van der Waals surface area contributed by atoms with E-state index in [1.54, 1.807) is 0 Å². The second kappa shape index (κ2) is 3.91. The minimum atomic E-state index is 0.756. The number of hydrogen-bond donors (Lipinski definition) is 1. The molecule has 1 N–H and O–H groups in total. The summed E-state index contributed by atoms with van der Waals surface area (Å²) in [5, 5.41) is 3.40. The molecule has 0 bridgehead atoms. The highest BCUT2D eigenvalue weighted by Crippen LogP contribution is 2.16. The van der Waals surface area contributed by atoms with Crippen molar-refractivity contribution in [2.75, 3.05) is 13.1 Å². The van der Waals surface area contributed by atoms with E-state index < -0.39 is 0 Å². The van der Waals surface area contributed by atoms with Gasteiger partial charge in [-0.15, -0.1) is 0 Å². The van der Waals surface area contributed by atoms with Gasteiger partial charge in [0.1, 0.15) is 5.82 Å². The topological polar surface area (TPSA) is 29.3 Å². The Kier molecular flexibility index (Phi) is 2.40. The molecule has 3 heteroatoms. The molecule has 2 aromatic heterocycles. The van der Waals surface area contributed by atoms with Crippen molar-refractivity contribution in [2.24, 2.45) is 5.92 Å². The number of rotatable bonds is 2. The fraction of sp³-hybridized carbons (Fsp3) is 0.462. The molecule has 0 spiro atoms. The molecule has 1 aliphatic heterocycles. The normalized spacial score (nSPS) is 20.7. The van der Waals surface area contributed by atoms with Crippen molar-refractivity contribution < 1.29 is 0 Å². The van der Waals surface area contributed by atoms with Gasteiger partial charge < -0.3 is 9.72 Å². The van der Waals surface area contributed by atoms with Crippen LogP contribution < -0.4 is 5.32 Å². The number of aromatic nitrogens is 2. The molecule has 3 rings (SSSR count). The van der Waals surface area contributed by atoms with Gasteiger partial charge in [0.05, 0.1) is 11.7 Å². The second-order valence-electron chi connectivity index (χ2n) is 4.74. The lowest BCUT2D eigenvalue weighted by atomic mass is 10.0. The molecule has 1 saturated heterocycles. The fourth-order valence-electron chi connectivity index (χ4n) is 2.46. The molecule has 1 unspecified atom stereocenters. The monoisotopic (exact) mass is 215 g/mol. The molecule has 0 saturated carbocycles. The Morgan fingerprint density at radius 1 is 1.56 bits per heavy atom. The van der Waals surface area contributed by atoms with E-state index in [4.69, 9.17) is 0 Å². The summed E-state index contributed by atoms with van der Waals surface area (Å²) in [5.41, 5.74) is 2.50. The Morgan fingerprint density at radius 3 is 3.31 bits per heavy atom. The van der Waals surface area contributed by atoms with Gasteiger partial charge in [-0.3, -0.25) is 0 Å². The van der Waals surface area contributed by atoms with Crippen molar-refractivity contribution in [3.63, 3.8) is 0 Å². The lowest BCUT2D eigenvalue weighted by Crippen LogP contribution is -2.12. The minimum Gasteiger partial charge on any atom is -0.316 e. The molecular formula is C13H17N3. The molecule has 1 fully saturated rings. The first kappa shape index (κ1) is 9.85. The maximum absolute atomic E-state index is 4.54. The highest BCUT2D eigenvalue weighted by atomic mass is 15.0. The first-order valence-electron chi connectivity index (χ1n) is 5.96. The predicted molar refractivity (Wildman–Crippen MR) is 64.6 cm³/mol. The maximum atomic E-state index is 4.54. The summed E-state index contributed by atoms with van der Waals surface area (Å²) in [6.07, 6.45) is 6.48. The highest BCUT2D eigenvalue weighted by Gasteiger charge is 2.17. The summed E-state index contributed by atoms with van der Waals surface area (Å²) in [6, 6.07) is 4.33. The van der Waals surface area contributed by atoms with Gasteiger partial charge in [0.2, 0.25) is 0 Å². The van der Waals surface area contributed by atoms with Crippen LogP contribution in [-0.2, 0) is 6.42 Å². The molecule has 3 nitrogen and oxygen atoms in total. The van der Waals surface area contributed by atoms with Crippen LogP contribution in [0, 0.1) is 12.8 Å². The summed E-state index contributed by atoms with van der Waals surface area (Å²) in [5.74, 6) is 1.95. The molecule has 1 aliphatic rings. The van der Waals surface area contributed by atoms with E-state index in [2.05, 4.69) is 40.0 Å². The number of nitrogens with one attached hydrogen (secondary N) is 1. The smallest absolute Gasteiger partial charge is 0.113 e. The number of aryl methyl sites for hydroxylation is 1. The summed E-state index contributed by atoms with van der Waals surface area (Å²) >= 11 is 0. The van der Waals surface area contributed by atoms with Crippen molar-refractivity contribution in [3.8, 4) is 0 Å². The standard InChI is InChI=1S/C13H17N3/c1-10-3-5-16-12(6-10)9-15-13(16)7-11-2-4-14-8-11/h3,5-6,9,11,14H,2,4,7-8H2,1H3. The molecule has 1 atom stereocenters. The number of pyridine rings is 1. The molecular weight excluding hydrogens is 198 g/mol. The number of hydrogen-bond acceptors (Lipinski definition) is 2. The molecule has 0 aromatic carbocycles. The molecule has 2 aromatic rings. The van der Waals surface area contributed by atoms with Crippen LogP contribution in [0.4, 0.5) is 0 Å².